The molecule has 0 aromatic carbocycles. The van der Waals surface area contributed by atoms with Crippen LogP contribution in [0.15, 0.2) is 0 Å². The van der Waals surface area contributed by atoms with Crippen molar-refractivity contribution in [1.82, 2.24) is 0 Å². The molecule has 2 N–H and O–H groups in total. The van der Waals surface area contributed by atoms with E-state index in [-0.39, 0.29) is 5.78 Å². The summed E-state index contributed by atoms with van der Waals surface area (Å²) in [5.41, 5.74) is 5.18. The average molecular weight is 133 g/mol. The third-order valence-corrected chi connectivity index (χ3v) is 1.70. The minimum absolute atomic E-state index is 0.225. The Labute approximate surface area is 53.8 Å². The van der Waals surface area contributed by atoms with Crippen molar-refractivity contribution in [2.45, 2.75) is 6.92 Å². The van der Waals surface area contributed by atoms with E-state index in [0.29, 0.717) is 12.3 Å². The van der Waals surface area contributed by atoms with Gasteiger partial charge in [-0.15, -0.1) is 0 Å². The number of hydrogen-bond acceptors (Lipinski definition) is 3. The van der Waals surface area contributed by atoms with E-state index in [1.165, 1.54) is 0 Å². The highest BCUT2D eigenvalue weighted by Gasteiger charge is 1.89. The Morgan fingerprint density at radius 2 is 2.38 bits per heavy atom. The zero-order chi connectivity index (χ0) is 6.41. The fourth-order valence-electron chi connectivity index (χ4n) is 0.299. The first-order valence-corrected chi connectivity index (χ1v) is 3.70. The Balaban J connectivity index is 2.82. The van der Waals surface area contributed by atoms with Crippen molar-refractivity contribution >= 4 is 17.5 Å². The van der Waals surface area contributed by atoms with Crippen molar-refractivity contribution in [2.24, 2.45) is 5.73 Å². The van der Waals surface area contributed by atoms with Crippen LogP contribution in [-0.2, 0) is 4.79 Å². The Hall–Kier alpha value is -0.0200. The third-order valence-electron chi connectivity index (χ3n) is 0.568. The van der Waals surface area contributed by atoms with E-state index >= 15 is 0 Å². The molecule has 0 aliphatic carbocycles. The topological polar surface area (TPSA) is 43.1 Å². The molecule has 0 unspecified atom stereocenters. The quantitative estimate of drug-likeness (QED) is 0.560. The number of hydrogen-bond donors (Lipinski definition) is 1. The molecule has 0 rings (SSSR count). The van der Waals surface area contributed by atoms with Gasteiger partial charge < -0.3 is 5.73 Å². The van der Waals surface area contributed by atoms with Crippen LogP contribution in [0.5, 0.6) is 0 Å². The smallest absolute Gasteiger partial charge is 0.139 e. The molecule has 0 aromatic rings. The summed E-state index contributed by atoms with van der Waals surface area (Å²) < 4.78 is 0. The first-order chi connectivity index (χ1) is 3.77. The van der Waals surface area contributed by atoms with Crippen LogP contribution in [0, 0.1) is 0 Å². The molecule has 0 fully saturated rings. The van der Waals surface area contributed by atoms with Crippen LogP contribution >= 0.6 is 11.8 Å². The number of carbonyl (C=O) groups excluding carboxylic acids is 1. The van der Waals surface area contributed by atoms with E-state index in [9.17, 15) is 4.79 Å². The first-order valence-electron chi connectivity index (χ1n) is 2.54. The lowest BCUT2D eigenvalue weighted by Gasteiger charge is -1.91. The van der Waals surface area contributed by atoms with Crippen LogP contribution in [0.3, 0.4) is 0 Å². The maximum atomic E-state index is 10.3. The van der Waals surface area contributed by atoms with Crippen molar-refractivity contribution in [1.29, 1.82) is 0 Å². The van der Waals surface area contributed by atoms with Gasteiger partial charge in [-0.05, 0) is 6.92 Å². The summed E-state index contributed by atoms with van der Waals surface area (Å²) in [7, 11) is 0. The van der Waals surface area contributed by atoms with Gasteiger partial charge in [-0.2, -0.15) is 11.8 Å². The second-order valence-electron chi connectivity index (χ2n) is 1.54. The second-order valence-corrected chi connectivity index (χ2v) is 2.65. The monoisotopic (exact) mass is 133 g/mol. The molecule has 2 nitrogen and oxygen atoms in total. The molecule has 0 aliphatic heterocycles. The minimum atomic E-state index is 0.225. The molecule has 8 heavy (non-hydrogen) atoms. The molecule has 0 aromatic heterocycles. The normalized spacial score (nSPS) is 9.25. The van der Waals surface area contributed by atoms with Gasteiger partial charge in [-0.1, -0.05) is 0 Å². The maximum Gasteiger partial charge on any atom is 0.139 e. The molecule has 0 bridgehead atoms. The highest BCUT2D eigenvalue weighted by molar-refractivity contribution is 7.99. The Morgan fingerprint density at radius 3 is 2.75 bits per heavy atom. The van der Waals surface area contributed by atoms with Gasteiger partial charge in [-0.3, -0.25) is 4.79 Å². The molecule has 0 aliphatic rings. The van der Waals surface area contributed by atoms with Gasteiger partial charge in [0.1, 0.15) is 5.78 Å². The molecule has 0 radical (unpaired) electrons. The summed E-state index contributed by atoms with van der Waals surface area (Å²) in [6, 6.07) is 0. The van der Waals surface area contributed by atoms with Crippen LogP contribution in [0.2, 0.25) is 0 Å². The molecule has 0 spiro atoms. The van der Waals surface area contributed by atoms with E-state index in [0.717, 1.165) is 5.75 Å². The molecule has 0 heterocycles. The summed E-state index contributed by atoms with van der Waals surface area (Å²) in [4.78, 5) is 10.3. The van der Waals surface area contributed by atoms with E-state index in [4.69, 9.17) is 5.73 Å². The average Bonchev–Trinajstić information content (AvgIpc) is 1.66. The van der Waals surface area contributed by atoms with Gasteiger partial charge in [0, 0.05) is 12.3 Å². The number of nitrogens with two attached hydrogens (primary N) is 1. The lowest BCUT2D eigenvalue weighted by molar-refractivity contribution is -0.114. The number of ketones is 1. The third kappa shape index (κ3) is 5.98. The summed E-state index contributed by atoms with van der Waals surface area (Å²) in [6.07, 6.45) is 0. The zero-order valence-corrected chi connectivity index (χ0v) is 5.83. The summed E-state index contributed by atoms with van der Waals surface area (Å²) >= 11 is 1.59. The van der Waals surface area contributed by atoms with E-state index in [1.54, 1.807) is 18.7 Å². The number of Topliss-reactive ketones (excluding diaryl/α,β-unsaturated/α-hetero) is 1. The predicted molar refractivity (Wildman–Crippen MR) is 37.1 cm³/mol. The summed E-state index contributed by atoms with van der Waals surface area (Å²) in [5.74, 6) is 1.72. The second kappa shape index (κ2) is 5.12. The van der Waals surface area contributed by atoms with Crippen molar-refractivity contribution in [3.05, 3.63) is 0 Å². The Kier molecular flexibility index (Phi) is 5.11. The summed E-state index contributed by atoms with van der Waals surface area (Å²) in [6.45, 7) is 2.25. The van der Waals surface area contributed by atoms with Gasteiger partial charge in [0.25, 0.3) is 0 Å². The number of carbonyl (C=O) groups is 1. The highest BCUT2D eigenvalue weighted by Crippen LogP contribution is 1.96. The number of thioether (sulfide) groups is 1. The van der Waals surface area contributed by atoms with Gasteiger partial charge in [-0.25, -0.2) is 0 Å². The van der Waals surface area contributed by atoms with Crippen molar-refractivity contribution in [3.63, 3.8) is 0 Å². The van der Waals surface area contributed by atoms with Crippen molar-refractivity contribution in [3.8, 4) is 0 Å². The first kappa shape index (κ1) is 7.98. The van der Waals surface area contributed by atoms with Crippen LogP contribution < -0.4 is 5.73 Å². The number of rotatable bonds is 4. The molecular weight excluding hydrogens is 122 g/mol. The van der Waals surface area contributed by atoms with Crippen LogP contribution in [0.1, 0.15) is 6.92 Å². The lowest BCUT2D eigenvalue weighted by atomic mass is 10.5. The standard InChI is InChI=1S/C5H11NOS/c1-5(7)4-8-3-2-6/h2-4,6H2,1H3. The SMILES string of the molecule is CC(=O)CSCCN. The van der Waals surface area contributed by atoms with Gasteiger partial charge in [0.2, 0.25) is 0 Å². The molecule has 0 saturated heterocycles. The van der Waals surface area contributed by atoms with E-state index < -0.39 is 0 Å². The predicted octanol–water partition coefficient (Wildman–Crippen LogP) is 0.267. The maximum absolute atomic E-state index is 10.3. The molecule has 3 heteroatoms. The van der Waals surface area contributed by atoms with Crippen LogP contribution in [-0.4, -0.2) is 23.8 Å². The van der Waals surface area contributed by atoms with Gasteiger partial charge >= 0.3 is 0 Å². The van der Waals surface area contributed by atoms with Crippen LogP contribution in [0.25, 0.3) is 0 Å². The zero-order valence-electron chi connectivity index (χ0n) is 5.02. The fourth-order valence-corrected chi connectivity index (χ4v) is 0.898. The molecule has 48 valence electrons. The lowest BCUT2D eigenvalue weighted by Crippen LogP contribution is -2.04. The Bertz CT molecular complexity index is 74.8. The van der Waals surface area contributed by atoms with E-state index in [2.05, 4.69) is 0 Å². The summed E-state index contributed by atoms with van der Waals surface area (Å²) in [5, 5.41) is 0. The molecule has 0 amide bonds. The van der Waals surface area contributed by atoms with Gasteiger partial charge in [0.05, 0.1) is 5.75 Å². The van der Waals surface area contributed by atoms with Gasteiger partial charge in [0.15, 0.2) is 0 Å². The van der Waals surface area contributed by atoms with Crippen molar-refractivity contribution < 1.29 is 4.79 Å². The molecule has 0 atom stereocenters. The van der Waals surface area contributed by atoms with Crippen LogP contribution in [0.4, 0.5) is 0 Å². The minimum Gasteiger partial charge on any atom is -0.330 e. The molecule has 0 saturated carbocycles. The largest absolute Gasteiger partial charge is 0.330 e. The highest BCUT2D eigenvalue weighted by atomic mass is 32.2. The Morgan fingerprint density at radius 1 is 1.75 bits per heavy atom. The molecular formula is C5H11NOS. The fraction of sp³-hybridized carbons (Fsp3) is 0.800. The van der Waals surface area contributed by atoms with Crippen molar-refractivity contribution in [2.75, 3.05) is 18.1 Å². The van der Waals surface area contributed by atoms with E-state index in [1.807, 2.05) is 0 Å².